The topological polar surface area (TPSA) is 85.1 Å². The van der Waals surface area contributed by atoms with Crippen molar-refractivity contribution in [1.29, 1.82) is 0 Å². The Labute approximate surface area is 112 Å². The molecule has 3 N–H and O–H groups in total. The minimum atomic E-state index is -4.53. The third kappa shape index (κ3) is 2.52. The van der Waals surface area contributed by atoms with Gasteiger partial charge in [0, 0.05) is 6.20 Å². The van der Waals surface area contributed by atoms with E-state index >= 15 is 0 Å². The maximum Gasteiger partial charge on any atom is 0.282 e. The van der Waals surface area contributed by atoms with Gasteiger partial charge in [-0.15, -0.1) is 0 Å². The highest BCUT2D eigenvalue weighted by atomic mass is 32.2. The Balaban J connectivity index is 2.50. The SMILES string of the molecule is Nc1ccc(F)c(F)c1NS(=O)(=O)c1ncccc1F. The van der Waals surface area contributed by atoms with Crippen LogP contribution in [-0.4, -0.2) is 13.4 Å². The molecule has 0 aliphatic rings. The van der Waals surface area contributed by atoms with Crippen molar-refractivity contribution >= 4 is 21.4 Å². The van der Waals surface area contributed by atoms with Crippen LogP contribution in [0, 0.1) is 17.5 Å². The summed E-state index contributed by atoms with van der Waals surface area (Å²) in [7, 11) is -4.53. The predicted molar refractivity (Wildman–Crippen MR) is 65.8 cm³/mol. The molecule has 0 fully saturated rings. The fraction of sp³-hybridized carbons (Fsp3) is 0. The van der Waals surface area contributed by atoms with Gasteiger partial charge in [-0.25, -0.2) is 18.2 Å². The molecule has 20 heavy (non-hydrogen) atoms. The van der Waals surface area contributed by atoms with Crippen molar-refractivity contribution in [3.63, 3.8) is 0 Å². The molecular formula is C11H8F3N3O2S. The molecule has 9 heteroatoms. The number of hydrogen-bond acceptors (Lipinski definition) is 4. The molecule has 0 saturated carbocycles. The maximum absolute atomic E-state index is 13.5. The van der Waals surface area contributed by atoms with Gasteiger partial charge >= 0.3 is 0 Å². The van der Waals surface area contributed by atoms with Crippen molar-refractivity contribution in [2.24, 2.45) is 0 Å². The number of benzene rings is 1. The largest absolute Gasteiger partial charge is 0.397 e. The zero-order valence-corrected chi connectivity index (χ0v) is 10.6. The van der Waals surface area contributed by atoms with Gasteiger partial charge in [0.15, 0.2) is 17.5 Å². The van der Waals surface area contributed by atoms with Crippen LogP contribution in [0.15, 0.2) is 35.5 Å². The number of sulfonamides is 1. The van der Waals surface area contributed by atoms with E-state index in [2.05, 4.69) is 4.98 Å². The Morgan fingerprint density at radius 1 is 1.10 bits per heavy atom. The minimum Gasteiger partial charge on any atom is -0.397 e. The number of pyridine rings is 1. The van der Waals surface area contributed by atoms with Crippen molar-refractivity contribution in [3.8, 4) is 0 Å². The number of nitrogen functional groups attached to an aromatic ring is 1. The number of nitrogens with one attached hydrogen (secondary N) is 1. The molecular weight excluding hydrogens is 295 g/mol. The smallest absolute Gasteiger partial charge is 0.282 e. The predicted octanol–water partition coefficient (Wildman–Crippen LogP) is 1.88. The Morgan fingerprint density at radius 2 is 1.80 bits per heavy atom. The molecule has 1 heterocycles. The number of nitrogens with zero attached hydrogens (tertiary/aromatic N) is 1. The number of rotatable bonds is 3. The van der Waals surface area contributed by atoms with E-state index in [0.29, 0.717) is 0 Å². The first kappa shape index (κ1) is 14.1. The molecule has 1 aromatic heterocycles. The molecule has 0 saturated heterocycles. The van der Waals surface area contributed by atoms with E-state index in [9.17, 15) is 21.6 Å². The van der Waals surface area contributed by atoms with E-state index < -0.39 is 38.2 Å². The number of halogens is 3. The first-order valence-electron chi connectivity index (χ1n) is 5.20. The molecule has 1 aromatic carbocycles. The summed E-state index contributed by atoms with van der Waals surface area (Å²) in [5, 5.41) is -0.942. The van der Waals surface area contributed by atoms with E-state index in [1.54, 1.807) is 4.72 Å². The average Bonchev–Trinajstić information content (AvgIpc) is 2.39. The molecule has 0 unspecified atom stereocenters. The van der Waals surface area contributed by atoms with Gasteiger partial charge in [-0.1, -0.05) is 0 Å². The van der Waals surface area contributed by atoms with Crippen LogP contribution in [0.1, 0.15) is 0 Å². The first-order valence-corrected chi connectivity index (χ1v) is 6.68. The number of aromatic nitrogens is 1. The van der Waals surface area contributed by atoms with E-state index in [1.165, 1.54) is 6.07 Å². The van der Waals surface area contributed by atoms with Gasteiger partial charge in [-0.05, 0) is 24.3 Å². The van der Waals surface area contributed by atoms with Gasteiger partial charge in [-0.2, -0.15) is 8.42 Å². The van der Waals surface area contributed by atoms with Gasteiger partial charge in [-0.3, -0.25) is 4.72 Å². The molecule has 0 spiro atoms. The zero-order chi connectivity index (χ0) is 14.9. The first-order chi connectivity index (χ1) is 9.33. The number of nitrogens with two attached hydrogens (primary N) is 1. The Hall–Kier alpha value is -2.29. The van der Waals surface area contributed by atoms with Gasteiger partial charge in [0.2, 0.25) is 5.03 Å². The lowest BCUT2D eigenvalue weighted by Gasteiger charge is -2.11. The highest BCUT2D eigenvalue weighted by molar-refractivity contribution is 7.92. The monoisotopic (exact) mass is 303 g/mol. The molecule has 2 rings (SSSR count). The van der Waals surface area contributed by atoms with Crippen LogP contribution in [0.3, 0.4) is 0 Å². The highest BCUT2D eigenvalue weighted by Gasteiger charge is 2.24. The molecule has 0 atom stereocenters. The quantitative estimate of drug-likeness (QED) is 0.848. The van der Waals surface area contributed by atoms with Crippen molar-refractivity contribution in [1.82, 2.24) is 4.98 Å². The summed E-state index contributed by atoms with van der Waals surface area (Å²) in [6.45, 7) is 0. The fourth-order valence-corrected chi connectivity index (χ4v) is 2.52. The molecule has 2 aromatic rings. The Kier molecular flexibility index (Phi) is 3.53. The molecule has 0 aliphatic carbocycles. The van der Waals surface area contributed by atoms with Crippen molar-refractivity contribution < 1.29 is 21.6 Å². The Bertz CT molecular complexity index is 766. The Morgan fingerprint density at radius 3 is 2.45 bits per heavy atom. The van der Waals surface area contributed by atoms with Crippen LogP contribution < -0.4 is 10.5 Å². The summed E-state index contributed by atoms with van der Waals surface area (Å²) in [5.74, 6) is -3.90. The molecule has 0 amide bonds. The normalized spacial score (nSPS) is 11.3. The fourth-order valence-electron chi connectivity index (χ4n) is 1.42. The summed E-state index contributed by atoms with van der Waals surface area (Å²) in [5.41, 5.74) is 4.23. The van der Waals surface area contributed by atoms with Crippen molar-refractivity contribution in [3.05, 3.63) is 47.9 Å². The summed E-state index contributed by atoms with van der Waals surface area (Å²) < 4.78 is 65.4. The standard InChI is InChI=1S/C11H8F3N3O2S/c12-6-3-4-8(15)10(9(6)14)17-20(18,19)11-7(13)2-1-5-16-11/h1-5,17H,15H2. The second kappa shape index (κ2) is 5.00. The highest BCUT2D eigenvalue weighted by Crippen LogP contribution is 2.27. The third-order valence-corrected chi connectivity index (χ3v) is 3.63. The van der Waals surface area contributed by atoms with Gasteiger partial charge in [0.25, 0.3) is 10.0 Å². The minimum absolute atomic E-state index is 0.344. The molecule has 0 radical (unpaired) electrons. The zero-order valence-electron chi connectivity index (χ0n) is 9.77. The lowest BCUT2D eigenvalue weighted by molar-refractivity contribution is 0.512. The van der Waals surface area contributed by atoms with Crippen LogP contribution >= 0.6 is 0 Å². The molecule has 0 bridgehead atoms. The average molecular weight is 303 g/mol. The molecule has 106 valence electrons. The molecule has 0 aliphatic heterocycles. The van der Waals surface area contributed by atoms with E-state index in [4.69, 9.17) is 5.73 Å². The lowest BCUT2D eigenvalue weighted by Crippen LogP contribution is -2.18. The summed E-state index contributed by atoms with van der Waals surface area (Å²) in [6.07, 6.45) is 1.04. The van der Waals surface area contributed by atoms with Crippen LogP contribution in [0.5, 0.6) is 0 Å². The van der Waals surface area contributed by atoms with Gasteiger partial charge in [0.05, 0.1) is 5.69 Å². The second-order valence-electron chi connectivity index (χ2n) is 3.72. The summed E-state index contributed by atoms with van der Waals surface area (Å²) in [6, 6.07) is 3.77. The van der Waals surface area contributed by atoms with Crippen LogP contribution in [-0.2, 0) is 10.0 Å². The van der Waals surface area contributed by atoms with E-state index in [1.807, 2.05) is 0 Å². The second-order valence-corrected chi connectivity index (χ2v) is 5.32. The number of anilines is 2. The van der Waals surface area contributed by atoms with Crippen LogP contribution in [0.25, 0.3) is 0 Å². The van der Waals surface area contributed by atoms with Crippen molar-refractivity contribution in [2.45, 2.75) is 5.03 Å². The lowest BCUT2D eigenvalue weighted by atomic mass is 10.2. The van der Waals surface area contributed by atoms with Crippen molar-refractivity contribution in [2.75, 3.05) is 10.5 Å². The maximum atomic E-state index is 13.5. The summed E-state index contributed by atoms with van der Waals surface area (Å²) in [4.78, 5) is 3.35. The van der Waals surface area contributed by atoms with Crippen LogP contribution in [0.4, 0.5) is 24.5 Å². The number of hydrogen-bond donors (Lipinski definition) is 2. The van der Waals surface area contributed by atoms with E-state index in [0.717, 1.165) is 24.4 Å². The third-order valence-electron chi connectivity index (χ3n) is 2.34. The van der Waals surface area contributed by atoms with E-state index in [-0.39, 0.29) is 5.69 Å². The van der Waals surface area contributed by atoms with Gasteiger partial charge < -0.3 is 5.73 Å². The van der Waals surface area contributed by atoms with Gasteiger partial charge in [0.1, 0.15) is 5.69 Å². The van der Waals surface area contributed by atoms with Crippen LogP contribution in [0.2, 0.25) is 0 Å². The summed E-state index contributed by atoms with van der Waals surface area (Å²) >= 11 is 0. The molecule has 5 nitrogen and oxygen atoms in total.